The summed E-state index contributed by atoms with van der Waals surface area (Å²) in [6, 6.07) is 1.63. The van der Waals surface area contributed by atoms with Gasteiger partial charge in [-0.15, -0.1) is 0 Å². The van der Waals surface area contributed by atoms with Crippen molar-refractivity contribution in [3.63, 3.8) is 0 Å². The number of rotatable bonds is 2. The van der Waals surface area contributed by atoms with Crippen LogP contribution in [-0.2, 0) is 9.53 Å². The van der Waals surface area contributed by atoms with Crippen LogP contribution >= 0.6 is 0 Å². The first-order valence-corrected chi connectivity index (χ1v) is 5.05. The molecule has 0 aromatic heterocycles. The molecular weight excluding hydrogens is 232 g/mol. The number of amides is 1. The van der Waals surface area contributed by atoms with Crippen LogP contribution in [0.25, 0.3) is 0 Å². The highest BCUT2D eigenvalue weighted by molar-refractivity contribution is 6.52. The van der Waals surface area contributed by atoms with Crippen molar-refractivity contribution in [2.45, 2.75) is 6.10 Å². The zero-order valence-corrected chi connectivity index (χ0v) is 8.57. The first-order valence-electron chi connectivity index (χ1n) is 5.05. The fourth-order valence-corrected chi connectivity index (χ4v) is 1.85. The van der Waals surface area contributed by atoms with E-state index in [1.165, 1.54) is 0 Å². The molecule has 0 spiro atoms. The number of carbonyl (C=O) groups is 2. The van der Waals surface area contributed by atoms with Crippen LogP contribution in [0.5, 0.6) is 0 Å². The van der Waals surface area contributed by atoms with Gasteiger partial charge in [0.1, 0.15) is 0 Å². The van der Waals surface area contributed by atoms with E-state index in [0.29, 0.717) is 6.61 Å². The van der Waals surface area contributed by atoms with Gasteiger partial charge in [0.15, 0.2) is 11.6 Å². The van der Waals surface area contributed by atoms with E-state index in [-0.39, 0.29) is 23.9 Å². The van der Waals surface area contributed by atoms with E-state index in [0.717, 1.165) is 17.0 Å². The fraction of sp³-hybridized carbons (Fsp3) is 0.273. The highest BCUT2D eigenvalue weighted by Gasteiger charge is 2.40. The molecule has 1 fully saturated rings. The van der Waals surface area contributed by atoms with Crippen LogP contribution < -0.4 is 4.90 Å². The molecule has 6 heteroatoms. The zero-order valence-electron chi connectivity index (χ0n) is 8.57. The third-order valence-corrected chi connectivity index (χ3v) is 2.80. The number of benzene rings is 1. The average molecular weight is 239 g/mol. The lowest BCUT2D eigenvalue weighted by atomic mass is 10.1. The summed E-state index contributed by atoms with van der Waals surface area (Å²) in [5, 5.41) is 0. The SMILES string of the molecule is O=C1C(=O)N(CC2CO2)c2cc(F)c(F)cc21. The maximum atomic E-state index is 13.1. The Morgan fingerprint density at radius 1 is 1.29 bits per heavy atom. The summed E-state index contributed by atoms with van der Waals surface area (Å²) in [5.74, 6) is -3.78. The molecule has 0 saturated carbocycles. The van der Waals surface area contributed by atoms with Crippen molar-refractivity contribution in [1.82, 2.24) is 0 Å². The van der Waals surface area contributed by atoms with Crippen LogP contribution in [0.15, 0.2) is 12.1 Å². The molecule has 2 heterocycles. The molecule has 1 amide bonds. The van der Waals surface area contributed by atoms with Crippen molar-refractivity contribution in [2.24, 2.45) is 0 Å². The maximum absolute atomic E-state index is 13.1. The summed E-state index contributed by atoms with van der Waals surface area (Å²) < 4.78 is 31.0. The molecule has 0 N–H and O–H groups in total. The van der Waals surface area contributed by atoms with Crippen molar-refractivity contribution in [3.8, 4) is 0 Å². The fourth-order valence-electron chi connectivity index (χ4n) is 1.85. The van der Waals surface area contributed by atoms with Gasteiger partial charge in [0.05, 0.1) is 30.5 Å². The molecule has 1 aromatic carbocycles. The lowest BCUT2D eigenvalue weighted by molar-refractivity contribution is -0.114. The summed E-state index contributed by atoms with van der Waals surface area (Å²) >= 11 is 0. The Balaban J connectivity index is 2.07. The number of ketones is 1. The number of hydrogen-bond acceptors (Lipinski definition) is 3. The third-order valence-electron chi connectivity index (χ3n) is 2.80. The van der Waals surface area contributed by atoms with Gasteiger partial charge in [0.2, 0.25) is 0 Å². The summed E-state index contributed by atoms with van der Waals surface area (Å²) in [6.07, 6.45) is -0.120. The average Bonchev–Trinajstić information content (AvgIpc) is 3.07. The van der Waals surface area contributed by atoms with Gasteiger partial charge in [-0.25, -0.2) is 8.78 Å². The number of carbonyl (C=O) groups excluding carboxylic acids is 2. The minimum Gasteiger partial charge on any atom is -0.371 e. The lowest BCUT2D eigenvalue weighted by Gasteiger charge is -2.14. The minimum absolute atomic E-state index is 0.0884. The zero-order chi connectivity index (χ0) is 12.2. The molecule has 1 aromatic rings. The summed E-state index contributed by atoms with van der Waals surface area (Å²) in [7, 11) is 0. The minimum atomic E-state index is -1.13. The van der Waals surface area contributed by atoms with Crippen LogP contribution in [0.4, 0.5) is 14.5 Å². The van der Waals surface area contributed by atoms with Gasteiger partial charge in [-0.3, -0.25) is 9.59 Å². The number of ether oxygens (including phenoxy) is 1. The van der Waals surface area contributed by atoms with Crippen LogP contribution in [0.3, 0.4) is 0 Å². The molecule has 17 heavy (non-hydrogen) atoms. The Labute approximate surface area is 94.8 Å². The van der Waals surface area contributed by atoms with Gasteiger partial charge in [0, 0.05) is 6.07 Å². The van der Waals surface area contributed by atoms with Crippen LogP contribution in [0.1, 0.15) is 10.4 Å². The molecule has 2 aliphatic rings. The van der Waals surface area contributed by atoms with Gasteiger partial charge in [-0.05, 0) is 6.07 Å². The molecule has 0 radical (unpaired) electrons. The highest BCUT2D eigenvalue weighted by atomic mass is 19.2. The number of fused-ring (bicyclic) bond motifs is 1. The van der Waals surface area contributed by atoms with Crippen LogP contribution in [0, 0.1) is 11.6 Å². The second kappa shape index (κ2) is 3.33. The van der Waals surface area contributed by atoms with Crippen LogP contribution in [0.2, 0.25) is 0 Å². The number of epoxide rings is 1. The Bertz CT molecular complexity index is 540. The van der Waals surface area contributed by atoms with Gasteiger partial charge >= 0.3 is 0 Å². The van der Waals surface area contributed by atoms with Gasteiger partial charge in [0.25, 0.3) is 11.7 Å². The highest BCUT2D eigenvalue weighted by Crippen LogP contribution is 2.32. The smallest absolute Gasteiger partial charge is 0.299 e. The van der Waals surface area contributed by atoms with E-state index in [1.54, 1.807) is 0 Å². The van der Waals surface area contributed by atoms with E-state index in [9.17, 15) is 18.4 Å². The van der Waals surface area contributed by atoms with Gasteiger partial charge < -0.3 is 9.64 Å². The van der Waals surface area contributed by atoms with Crippen molar-refractivity contribution in [1.29, 1.82) is 0 Å². The van der Waals surface area contributed by atoms with Gasteiger partial charge in [-0.1, -0.05) is 0 Å². The first kappa shape index (κ1) is 10.3. The topological polar surface area (TPSA) is 49.9 Å². The molecule has 0 bridgehead atoms. The van der Waals surface area contributed by atoms with E-state index >= 15 is 0 Å². The molecular formula is C11H7F2NO3. The molecule has 0 aliphatic carbocycles. The van der Waals surface area contributed by atoms with Gasteiger partial charge in [-0.2, -0.15) is 0 Å². The van der Waals surface area contributed by atoms with E-state index in [4.69, 9.17) is 4.74 Å². The molecule has 3 rings (SSSR count). The number of anilines is 1. The molecule has 1 unspecified atom stereocenters. The number of nitrogens with zero attached hydrogens (tertiary/aromatic N) is 1. The summed E-state index contributed by atoms with van der Waals surface area (Å²) in [5.41, 5.74) is 0.0314. The molecule has 1 atom stereocenters. The quantitative estimate of drug-likeness (QED) is 0.569. The molecule has 2 aliphatic heterocycles. The second-order valence-electron chi connectivity index (χ2n) is 3.98. The maximum Gasteiger partial charge on any atom is 0.299 e. The number of halogens is 2. The Hall–Kier alpha value is -1.82. The lowest BCUT2D eigenvalue weighted by Crippen LogP contribution is -2.33. The predicted molar refractivity (Wildman–Crippen MR) is 52.8 cm³/mol. The Morgan fingerprint density at radius 2 is 1.94 bits per heavy atom. The normalized spacial score (nSPS) is 22.0. The number of hydrogen-bond donors (Lipinski definition) is 0. The van der Waals surface area contributed by atoms with Crippen molar-refractivity contribution >= 4 is 17.4 Å². The molecule has 88 valence electrons. The third kappa shape index (κ3) is 1.52. The number of Topliss-reactive ketones (excluding diaryl/α,β-unsaturated/α-hetero) is 1. The first-order chi connectivity index (χ1) is 8.08. The second-order valence-corrected chi connectivity index (χ2v) is 3.98. The van der Waals surface area contributed by atoms with E-state index in [2.05, 4.69) is 0 Å². The van der Waals surface area contributed by atoms with Crippen LogP contribution in [-0.4, -0.2) is 30.9 Å². The summed E-state index contributed by atoms with van der Waals surface area (Å²) in [4.78, 5) is 24.3. The Morgan fingerprint density at radius 3 is 2.59 bits per heavy atom. The van der Waals surface area contributed by atoms with E-state index in [1.807, 2.05) is 0 Å². The Kier molecular flexibility index (Phi) is 2.03. The monoisotopic (exact) mass is 239 g/mol. The van der Waals surface area contributed by atoms with Crippen molar-refractivity contribution < 1.29 is 23.1 Å². The van der Waals surface area contributed by atoms with E-state index < -0.39 is 23.3 Å². The predicted octanol–water partition coefficient (Wildman–Crippen LogP) is 0.893. The van der Waals surface area contributed by atoms with Crippen molar-refractivity contribution in [2.75, 3.05) is 18.1 Å². The standard InChI is InChI=1S/C11H7F2NO3/c12-7-1-6-9(2-8(7)13)14(3-5-4-17-5)11(16)10(6)15/h1-2,5H,3-4H2. The molecule has 4 nitrogen and oxygen atoms in total. The molecule has 1 saturated heterocycles. The largest absolute Gasteiger partial charge is 0.371 e. The van der Waals surface area contributed by atoms with Crippen molar-refractivity contribution in [3.05, 3.63) is 29.3 Å². The summed E-state index contributed by atoms with van der Waals surface area (Å²) in [6.45, 7) is 0.708.